The maximum absolute atomic E-state index is 14.9. The lowest BCUT2D eigenvalue weighted by atomic mass is 9.82. The van der Waals surface area contributed by atoms with Crippen LogP contribution in [0.25, 0.3) is 22.4 Å². The molecule has 186 valence electrons. The smallest absolute Gasteiger partial charge is 0.329 e. The lowest BCUT2D eigenvalue weighted by molar-refractivity contribution is -0.142. The van der Waals surface area contributed by atoms with Gasteiger partial charge in [-0.15, -0.1) is 0 Å². The molecule has 35 heavy (non-hydrogen) atoms. The molecule has 1 fully saturated rings. The molecule has 0 radical (unpaired) electrons. The normalized spacial score (nSPS) is 18.0. The van der Waals surface area contributed by atoms with E-state index >= 15 is 0 Å². The van der Waals surface area contributed by atoms with Crippen LogP contribution in [0.5, 0.6) is 0 Å². The van der Waals surface area contributed by atoms with Gasteiger partial charge in [-0.25, -0.2) is 13.6 Å². The van der Waals surface area contributed by atoms with Crippen LogP contribution in [0.2, 0.25) is 0 Å². The molecule has 1 aliphatic carbocycles. The van der Waals surface area contributed by atoms with Crippen molar-refractivity contribution in [2.24, 2.45) is 11.8 Å². The van der Waals surface area contributed by atoms with Gasteiger partial charge in [-0.1, -0.05) is 42.5 Å². The highest BCUT2D eigenvalue weighted by molar-refractivity contribution is 5.83. The molecule has 0 unspecified atom stereocenters. The number of ether oxygens (including phenoxy) is 1. The van der Waals surface area contributed by atoms with Crippen LogP contribution in [0.3, 0.4) is 0 Å². The molecular formula is C27H30F2N2O4. The number of halogens is 2. The van der Waals surface area contributed by atoms with Crippen LogP contribution in [0.15, 0.2) is 48.5 Å². The molecule has 2 aromatic carbocycles. The summed E-state index contributed by atoms with van der Waals surface area (Å²) in [4.78, 5) is 10.7. The van der Waals surface area contributed by atoms with E-state index in [2.05, 4.69) is 0 Å². The van der Waals surface area contributed by atoms with Gasteiger partial charge in [0.25, 0.3) is 0 Å². The van der Waals surface area contributed by atoms with E-state index in [0.29, 0.717) is 41.9 Å². The van der Waals surface area contributed by atoms with E-state index in [4.69, 9.17) is 14.9 Å². The highest BCUT2D eigenvalue weighted by Gasteiger charge is 2.27. The quantitative estimate of drug-likeness (QED) is 0.426. The van der Waals surface area contributed by atoms with Crippen molar-refractivity contribution in [3.05, 3.63) is 65.9 Å². The van der Waals surface area contributed by atoms with Gasteiger partial charge in [-0.2, -0.15) is 5.10 Å². The Labute approximate surface area is 203 Å². The highest BCUT2D eigenvalue weighted by Crippen LogP contribution is 2.38. The third-order valence-electron chi connectivity index (χ3n) is 6.65. The summed E-state index contributed by atoms with van der Waals surface area (Å²) in [5, 5.41) is 23.4. The Morgan fingerprint density at radius 1 is 1.03 bits per heavy atom. The van der Waals surface area contributed by atoms with Crippen LogP contribution in [0, 0.1) is 23.5 Å². The maximum atomic E-state index is 14.9. The third kappa shape index (κ3) is 5.94. The van der Waals surface area contributed by atoms with E-state index in [1.807, 2.05) is 35.0 Å². The van der Waals surface area contributed by atoms with E-state index < -0.39 is 17.6 Å². The fourth-order valence-corrected chi connectivity index (χ4v) is 4.92. The van der Waals surface area contributed by atoms with Gasteiger partial charge in [-0.05, 0) is 43.6 Å². The highest BCUT2D eigenvalue weighted by atomic mass is 19.2. The Balaban J connectivity index is 1.62. The Morgan fingerprint density at radius 2 is 1.74 bits per heavy atom. The zero-order valence-electron chi connectivity index (χ0n) is 19.5. The Bertz CT molecular complexity index is 1140. The van der Waals surface area contributed by atoms with E-state index in [1.54, 1.807) is 6.07 Å². The number of aliphatic hydroxyl groups is 1. The third-order valence-corrected chi connectivity index (χ3v) is 6.65. The SMILES string of the molecule is O=C(O)COC[C@H]1CC[C@H](Cn2nc(-c3ccccc3)c(-c3cccc(F)c3F)c2CCO)CC1. The molecule has 0 saturated heterocycles. The van der Waals surface area contributed by atoms with Gasteiger partial charge in [-0.3, -0.25) is 4.68 Å². The number of carboxylic acid groups (broad SMARTS) is 1. The molecule has 0 bridgehead atoms. The molecule has 1 saturated carbocycles. The number of nitrogens with zero attached hydrogens (tertiary/aromatic N) is 2. The van der Waals surface area contributed by atoms with Crippen molar-refractivity contribution in [3.8, 4) is 22.4 Å². The first-order valence-electron chi connectivity index (χ1n) is 12.0. The lowest BCUT2D eigenvalue weighted by Crippen LogP contribution is -2.24. The lowest BCUT2D eigenvalue weighted by Gasteiger charge is -2.28. The Hall–Kier alpha value is -3.10. The van der Waals surface area contributed by atoms with Gasteiger partial charge in [0.1, 0.15) is 12.3 Å². The number of hydrogen-bond donors (Lipinski definition) is 2. The summed E-state index contributed by atoms with van der Waals surface area (Å²) in [6.45, 7) is 0.628. The minimum Gasteiger partial charge on any atom is -0.480 e. The van der Waals surface area contributed by atoms with Crippen LogP contribution in [-0.4, -0.2) is 45.8 Å². The van der Waals surface area contributed by atoms with Gasteiger partial charge >= 0.3 is 5.97 Å². The van der Waals surface area contributed by atoms with Gasteiger partial charge < -0.3 is 14.9 Å². The van der Waals surface area contributed by atoms with Crippen molar-refractivity contribution in [3.63, 3.8) is 0 Å². The number of aliphatic hydroxyl groups excluding tert-OH is 1. The second-order valence-electron chi connectivity index (χ2n) is 9.09. The van der Waals surface area contributed by atoms with Crippen molar-refractivity contribution in [1.29, 1.82) is 0 Å². The van der Waals surface area contributed by atoms with Gasteiger partial charge in [0.05, 0.1) is 6.61 Å². The molecule has 0 amide bonds. The number of aromatic nitrogens is 2. The fourth-order valence-electron chi connectivity index (χ4n) is 4.92. The first-order chi connectivity index (χ1) is 17.0. The zero-order valence-corrected chi connectivity index (χ0v) is 19.5. The number of carbonyl (C=O) groups is 1. The number of rotatable bonds is 10. The maximum Gasteiger partial charge on any atom is 0.329 e. The minimum atomic E-state index is -0.964. The van der Waals surface area contributed by atoms with E-state index in [0.717, 1.165) is 37.3 Å². The average molecular weight is 485 g/mol. The van der Waals surface area contributed by atoms with Crippen LogP contribution < -0.4 is 0 Å². The molecule has 6 nitrogen and oxygen atoms in total. The van der Waals surface area contributed by atoms with E-state index in [9.17, 15) is 18.7 Å². The van der Waals surface area contributed by atoms with E-state index in [-0.39, 0.29) is 25.2 Å². The van der Waals surface area contributed by atoms with E-state index in [1.165, 1.54) is 6.07 Å². The predicted octanol–water partition coefficient (Wildman–Crippen LogP) is 4.94. The van der Waals surface area contributed by atoms with Crippen LogP contribution in [0.1, 0.15) is 31.4 Å². The van der Waals surface area contributed by atoms with Crippen LogP contribution in [0.4, 0.5) is 8.78 Å². The molecule has 0 aliphatic heterocycles. The average Bonchev–Trinajstić information content (AvgIpc) is 3.20. The first kappa shape index (κ1) is 25.0. The van der Waals surface area contributed by atoms with Crippen LogP contribution >= 0.6 is 0 Å². The summed E-state index contributed by atoms with van der Waals surface area (Å²) in [7, 11) is 0. The first-order valence-corrected chi connectivity index (χ1v) is 12.0. The second-order valence-corrected chi connectivity index (χ2v) is 9.09. The number of aliphatic carboxylic acids is 1. The monoisotopic (exact) mass is 484 g/mol. The summed E-state index contributed by atoms with van der Waals surface area (Å²) in [5.41, 5.74) is 2.69. The standard InChI is InChI=1S/C27H30F2N2O4/c28-22-8-4-7-21(26(22)29)25-23(13-14-32)31(30-27(25)20-5-2-1-3-6-20)15-18-9-11-19(12-10-18)16-35-17-24(33)34/h1-8,18-19,32H,9-17H2,(H,33,34)/t18-,19-. The Kier molecular flexibility index (Phi) is 8.25. The number of hydrogen-bond acceptors (Lipinski definition) is 4. The molecule has 0 spiro atoms. The zero-order chi connectivity index (χ0) is 24.8. The molecule has 1 aromatic heterocycles. The summed E-state index contributed by atoms with van der Waals surface area (Å²) in [6, 6.07) is 13.5. The predicted molar refractivity (Wildman–Crippen MR) is 128 cm³/mol. The molecule has 0 atom stereocenters. The van der Waals surface area contributed by atoms with Crippen molar-refractivity contribution in [2.45, 2.75) is 38.6 Å². The van der Waals surface area contributed by atoms with Crippen molar-refractivity contribution >= 4 is 5.97 Å². The minimum absolute atomic E-state index is 0.137. The largest absolute Gasteiger partial charge is 0.480 e. The fraction of sp³-hybridized carbons (Fsp3) is 0.407. The molecule has 1 heterocycles. The summed E-state index contributed by atoms with van der Waals surface area (Å²) in [5.74, 6) is -2.15. The molecular weight excluding hydrogens is 454 g/mol. The number of benzene rings is 2. The summed E-state index contributed by atoms with van der Waals surface area (Å²) in [6.07, 6.45) is 3.99. The molecule has 8 heteroatoms. The second kappa shape index (κ2) is 11.6. The van der Waals surface area contributed by atoms with Crippen molar-refractivity contribution in [2.75, 3.05) is 19.8 Å². The topological polar surface area (TPSA) is 84.6 Å². The van der Waals surface area contributed by atoms with Crippen molar-refractivity contribution < 1.29 is 28.5 Å². The molecule has 1 aliphatic rings. The summed E-state index contributed by atoms with van der Waals surface area (Å²) < 4.78 is 36.2. The number of carboxylic acids is 1. The van der Waals surface area contributed by atoms with Crippen LogP contribution in [-0.2, 0) is 22.5 Å². The molecule has 2 N–H and O–H groups in total. The van der Waals surface area contributed by atoms with Gasteiger partial charge in [0.15, 0.2) is 11.6 Å². The Morgan fingerprint density at radius 3 is 2.43 bits per heavy atom. The van der Waals surface area contributed by atoms with Crippen molar-refractivity contribution in [1.82, 2.24) is 9.78 Å². The van der Waals surface area contributed by atoms with Gasteiger partial charge in [0.2, 0.25) is 0 Å². The molecule has 4 rings (SSSR count). The summed E-state index contributed by atoms with van der Waals surface area (Å²) >= 11 is 0. The molecule has 3 aromatic rings. The van der Waals surface area contributed by atoms with Gasteiger partial charge in [0, 0.05) is 42.0 Å².